The molecule has 0 saturated carbocycles. The maximum atomic E-state index is 11.8. The average molecular weight is 260 g/mol. The molecule has 1 unspecified atom stereocenters. The van der Waals surface area contributed by atoms with Crippen molar-refractivity contribution in [2.45, 2.75) is 26.3 Å². The van der Waals surface area contributed by atoms with E-state index in [-0.39, 0.29) is 24.4 Å². The summed E-state index contributed by atoms with van der Waals surface area (Å²) in [6, 6.07) is 3.75. The first-order valence-corrected chi connectivity index (χ1v) is 5.66. The topological polar surface area (TPSA) is 62.1 Å². The Hall–Kier alpha value is -1.00. The fraction of sp³-hybridized carbons (Fsp3) is 0.583. The third-order valence-corrected chi connectivity index (χ3v) is 2.83. The summed E-state index contributed by atoms with van der Waals surface area (Å²) >= 11 is 0. The van der Waals surface area contributed by atoms with Gasteiger partial charge in [-0.3, -0.25) is 4.79 Å². The molecule has 1 rings (SSSR count). The second-order valence-corrected chi connectivity index (χ2v) is 4.51. The fourth-order valence-corrected chi connectivity index (χ4v) is 1.45. The normalized spacial score (nSPS) is 12.1. The van der Waals surface area contributed by atoms with Gasteiger partial charge in [0.2, 0.25) is 0 Å². The number of rotatable bonds is 5. The highest BCUT2D eigenvalue weighted by Gasteiger charge is 2.14. The van der Waals surface area contributed by atoms with Crippen LogP contribution in [0.25, 0.3) is 0 Å². The number of aromatic amines is 1. The molecule has 0 fully saturated rings. The number of halogens is 1. The van der Waals surface area contributed by atoms with E-state index in [4.69, 9.17) is 5.73 Å². The van der Waals surface area contributed by atoms with E-state index < -0.39 is 0 Å². The molecule has 0 spiro atoms. The van der Waals surface area contributed by atoms with Crippen LogP contribution in [0.4, 0.5) is 0 Å². The van der Waals surface area contributed by atoms with Crippen LogP contribution in [-0.4, -0.2) is 35.4 Å². The standard InChI is InChI=1S/C12H21N3O.ClH/c1-9(2)10(13)6-8-15(3)12(16)11-5-4-7-14-11;/h4-5,7,9-10,14H,6,8,13H2,1-3H3;1H. The van der Waals surface area contributed by atoms with E-state index in [1.807, 2.05) is 6.07 Å². The monoisotopic (exact) mass is 259 g/mol. The lowest BCUT2D eigenvalue weighted by Gasteiger charge is -2.21. The minimum absolute atomic E-state index is 0. The van der Waals surface area contributed by atoms with Gasteiger partial charge in [0.25, 0.3) is 5.91 Å². The highest BCUT2D eigenvalue weighted by molar-refractivity contribution is 5.92. The predicted octanol–water partition coefficient (Wildman–Crippen LogP) is 1.88. The molecule has 0 aliphatic carbocycles. The van der Waals surface area contributed by atoms with Gasteiger partial charge < -0.3 is 15.6 Å². The van der Waals surface area contributed by atoms with Crippen LogP contribution in [0.15, 0.2) is 18.3 Å². The molecule has 1 atom stereocenters. The number of nitrogens with one attached hydrogen (secondary N) is 1. The smallest absolute Gasteiger partial charge is 0.270 e. The van der Waals surface area contributed by atoms with E-state index in [0.29, 0.717) is 18.2 Å². The molecule has 1 amide bonds. The van der Waals surface area contributed by atoms with Crippen LogP contribution >= 0.6 is 12.4 Å². The first kappa shape index (κ1) is 16.0. The number of nitrogens with zero attached hydrogens (tertiary/aromatic N) is 1. The van der Waals surface area contributed by atoms with E-state index in [1.54, 1.807) is 24.2 Å². The third kappa shape index (κ3) is 4.79. The summed E-state index contributed by atoms with van der Waals surface area (Å²) in [7, 11) is 1.80. The largest absolute Gasteiger partial charge is 0.357 e. The maximum absolute atomic E-state index is 11.8. The summed E-state index contributed by atoms with van der Waals surface area (Å²) in [6.07, 6.45) is 2.58. The summed E-state index contributed by atoms with van der Waals surface area (Å²) in [5.74, 6) is 0.468. The molecule has 0 aliphatic heterocycles. The zero-order valence-electron chi connectivity index (χ0n) is 10.6. The van der Waals surface area contributed by atoms with Crippen LogP contribution in [-0.2, 0) is 0 Å². The summed E-state index contributed by atoms with van der Waals surface area (Å²) in [6.45, 7) is 4.88. The van der Waals surface area contributed by atoms with Crippen molar-refractivity contribution in [1.29, 1.82) is 0 Å². The predicted molar refractivity (Wildman–Crippen MR) is 72.4 cm³/mol. The zero-order valence-corrected chi connectivity index (χ0v) is 11.5. The number of carbonyl (C=O) groups excluding carboxylic acids is 1. The number of hydrogen-bond acceptors (Lipinski definition) is 2. The molecular weight excluding hydrogens is 238 g/mol. The second-order valence-electron chi connectivity index (χ2n) is 4.51. The Morgan fingerprint density at radius 1 is 1.53 bits per heavy atom. The molecule has 3 N–H and O–H groups in total. The third-order valence-electron chi connectivity index (χ3n) is 2.83. The van der Waals surface area contributed by atoms with Gasteiger partial charge in [0.05, 0.1) is 0 Å². The lowest BCUT2D eigenvalue weighted by atomic mass is 10.0. The van der Waals surface area contributed by atoms with Crippen molar-refractivity contribution >= 4 is 18.3 Å². The molecule has 1 heterocycles. The molecule has 1 aromatic rings. The van der Waals surface area contributed by atoms with Gasteiger partial charge >= 0.3 is 0 Å². The van der Waals surface area contributed by atoms with E-state index in [2.05, 4.69) is 18.8 Å². The Labute approximate surface area is 109 Å². The number of hydrogen-bond donors (Lipinski definition) is 2. The molecule has 0 aromatic carbocycles. The summed E-state index contributed by atoms with van der Waals surface area (Å²) in [5.41, 5.74) is 6.56. The first-order valence-electron chi connectivity index (χ1n) is 5.66. The van der Waals surface area contributed by atoms with Crippen LogP contribution in [0.1, 0.15) is 30.8 Å². The molecule has 4 nitrogen and oxygen atoms in total. The van der Waals surface area contributed by atoms with Crippen LogP contribution in [0.2, 0.25) is 0 Å². The van der Waals surface area contributed by atoms with E-state index in [9.17, 15) is 4.79 Å². The van der Waals surface area contributed by atoms with E-state index >= 15 is 0 Å². The quantitative estimate of drug-likeness (QED) is 0.848. The SMILES string of the molecule is CC(C)C(N)CCN(C)C(=O)c1ccc[nH]1.Cl. The molecule has 5 heteroatoms. The molecule has 98 valence electrons. The maximum Gasteiger partial charge on any atom is 0.270 e. The van der Waals surface area contributed by atoms with Gasteiger partial charge in [0.15, 0.2) is 0 Å². The van der Waals surface area contributed by atoms with Gasteiger partial charge in [-0.25, -0.2) is 0 Å². The van der Waals surface area contributed by atoms with E-state index in [0.717, 1.165) is 6.42 Å². The van der Waals surface area contributed by atoms with Crippen molar-refractivity contribution in [1.82, 2.24) is 9.88 Å². The average Bonchev–Trinajstić information content (AvgIpc) is 2.77. The van der Waals surface area contributed by atoms with Crippen LogP contribution in [0.5, 0.6) is 0 Å². The number of aromatic nitrogens is 1. The van der Waals surface area contributed by atoms with Crippen molar-refractivity contribution in [3.63, 3.8) is 0 Å². The van der Waals surface area contributed by atoms with Crippen molar-refractivity contribution in [2.75, 3.05) is 13.6 Å². The Kier molecular flexibility index (Phi) is 6.92. The molecular formula is C12H22ClN3O. The Morgan fingerprint density at radius 3 is 2.65 bits per heavy atom. The van der Waals surface area contributed by atoms with Gasteiger partial charge in [-0.15, -0.1) is 12.4 Å². The molecule has 0 bridgehead atoms. The van der Waals surface area contributed by atoms with Crippen molar-refractivity contribution < 1.29 is 4.79 Å². The van der Waals surface area contributed by atoms with Crippen molar-refractivity contribution in [2.24, 2.45) is 11.7 Å². The first-order chi connectivity index (χ1) is 7.52. The second kappa shape index (κ2) is 7.35. The number of amides is 1. The fourth-order valence-electron chi connectivity index (χ4n) is 1.45. The highest BCUT2D eigenvalue weighted by atomic mass is 35.5. The summed E-state index contributed by atoms with van der Waals surface area (Å²) in [4.78, 5) is 16.5. The Balaban J connectivity index is 0.00000256. The number of nitrogens with two attached hydrogens (primary N) is 1. The highest BCUT2D eigenvalue weighted by Crippen LogP contribution is 2.06. The van der Waals surface area contributed by atoms with Crippen LogP contribution < -0.4 is 5.73 Å². The Morgan fingerprint density at radius 2 is 2.18 bits per heavy atom. The van der Waals surface area contributed by atoms with Gasteiger partial charge in [0.1, 0.15) is 5.69 Å². The minimum Gasteiger partial charge on any atom is -0.357 e. The van der Waals surface area contributed by atoms with Crippen LogP contribution in [0.3, 0.4) is 0 Å². The number of carbonyl (C=O) groups is 1. The summed E-state index contributed by atoms with van der Waals surface area (Å²) in [5, 5.41) is 0. The van der Waals surface area contributed by atoms with Gasteiger partial charge in [-0.05, 0) is 24.5 Å². The Bertz CT molecular complexity index is 325. The van der Waals surface area contributed by atoms with E-state index in [1.165, 1.54) is 0 Å². The molecule has 0 radical (unpaired) electrons. The number of H-pyrrole nitrogens is 1. The van der Waals surface area contributed by atoms with Gasteiger partial charge in [-0.2, -0.15) is 0 Å². The van der Waals surface area contributed by atoms with Gasteiger partial charge in [0, 0.05) is 25.8 Å². The minimum atomic E-state index is 0. The van der Waals surface area contributed by atoms with Gasteiger partial charge in [-0.1, -0.05) is 13.8 Å². The van der Waals surface area contributed by atoms with Crippen LogP contribution in [0, 0.1) is 5.92 Å². The molecule has 0 saturated heterocycles. The lowest BCUT2D eigenvalue weighted by Crippen LogP contribution is -2.34. The molecule has 0 aliphatic rings. The lowest BCUT2D eigenvalue weighted by molar-refractivity contribution is 0.0784. The van der Waals surface area contributed by atoms with Crippen molar-refractivity contribution in [3.05, 3.63) is 24.0 Å². The summed E-state index contributed by atoms with van der Waals surface area (Å²) < 4.78 is 0. The molecule has 1 aromatic heterocycles. The molecule has 17 heavy (non-hydrogen) atoms. The zero-order chi connectivity index (χ0) is 12.1. The van der Waals surface area contributed by atoms with Crippen molar-refractivity contribution in [3.8, 4) is 0 Å².